The number of carbonyl (C=O) groups is 4. The molecule has 12 heteroatoms. The van der Waals surface area contributed by atoms with Crippen LogP contribution in [0.5, 0.6) is 0 Å². The Hall–Kier alpha value is -3.63. The third-order valence-corrected chi connectivity index (χ3v) is 6.79. The summed E-state index contributed by atoms with van der Waals surface area (Å²) < 4.78 is 35.3. The van der Waals surface area contributed by atoms with Crippen molar-refractivity contribution in [3.05, 3.63) is 40.9 Å². The molecular weight excluding hydrogens is 468 g/mol. The van der Waals surface area contributed by atoms with E-state index in [0.717, 1.165) is 19.3 Å². The third-order valence-electron chi connectivity index (χ3n) is 5.51. The molecular formula is C22H24N2O9S. The summed E-state index contributed by atoms with van der Waals surface area (Å²) >= 11 is 0. The molecule has 0 amide bonds. The van der Waals surface area contributed by atoms with E-state index in [1.54, 1.807) is 6.92 Å². The lowest BCUT2D eigenvalue weighted by Gasteiger charge is -2.21. The highest BCUT2D eigenvalue weighted by atomic mass is 32.2. The van der Waals surface area contributed by atoms with Gasteiger partial charge in [-0.1, -0.05) is 26.0 Å². The fourth-order valence-electron chi connectivity index (χ4n) is 3.56. The molecule has 11 nitrogen and oxygen atoms in total. The highest BCUT2D eigenvalue weighted by Crippen LogP contribution is 2.29. The maximum absolute atomic E-state index is 12.9. The summed E-state index contributed by atoms with van der Waals surface area (Å²) in [5.74, 6) is -6.57. The molecule has 182 valence electrons. The molecule has 0 saturated heterocycles. The normalized spacial score (nSPS) is 15.5. The number of carbonyl (C=O) groups excluding carboxylic acids is 3. The predicted molar refractivity (Wildman–Crippen MR) is 117 cm³/mol. The van der Waals surface area contributed by atoms with Crippen molar-refractivity contribution in [2.75, 3.05) is 7.11 Å². The molecule has 0 spiro atoms. The number of ketones is 1. The van der Waals surface area contributed by atoms with Crippen LogP contribution in [0.1, 0.15) is 49.0 Å². The zero-order valence-electron chi connectivity index (χ0n) is 18.8. The van der Waals surface area contributed by atoms with Gasteiger partial charge in [-0.3, -0.25) is 19.2 Å². The fourth-order valence-corrected chi connectivity index (χ4v) is 4.70. The summed E-state index contributed by atoms with van der Waals surface area (Å²) in [4.78, 5) is 50.8. The topological polar surface area (TPSA) is 178 Å². The summed E-state index contributed by atoms with van der Waals surface area (Å²) in [5, 5.41) is 9.14. The van der Waals surface area contributed by atoms with Gasteiger partial charge in [0.25, 0.3) is 5.78 Å². The average Bonchev–Trinajstić information content (AvgIpc) is 2.80. The summed E-state index contributed by atoms with van der Waals surface area (Å²) in [7, 11) is -3.54. The molecule has 0 aliphatic heterocycles. The van der Waals surface area contributed by atoms with Gasteiger partial charge in [-0.25, -0.2) is 0 Å². The van der Waals surface area contributed by atoms with Gasteiger partial charge in [0.2, 0.25) is 0 Å². The number of carboxylic acids is 1. The number of fused-ring (bicyclic) bond motifs is 1. The van der Waals surface area contributed by atoms with Crippen molar-refractivity contribution >= 4 is 45.6 Å². The SMILES string of the molecule is CCC(CC(CC(C)C(=O)O)C(=O)OC)C(=O)OS(=O)(=O)c1cccc2c1C=CC(=[N+]=[N-])C2=O. The van der Waals surface area contributed by atoms with E-state index in [4.69, 9.17) is 19.6 Å². The Labute approximate surface area is 196 Å². The monoisotopic (exact) mass is 492 g/mol. The van der Waals surface area contributed by atoms with Crippen LogP contribution in [-0.2, 0) is 33.4 Å². The molecule has 0 radical (unpaired) electrons. The molecule has 3 unspecified atom stereocenters. The summed E-state index contributed by atoms with van der Waals surface area (Å²) in [5.41, 5.74) is 8.54. The van der Waals surface area contributed by atoms with Crippen molar-refractivity contribution in [2.24, 2.45) is 17.8 Å². The number of benzene rings is 1. The highest BCUT2D eigenvalue weighted by molar-refractivity contribution is 7.87. The lowest BCUT2D eigenvalue weighted by atomic mass is 9.86. The minimum Gasteiger partial charge on any atom is -0.481 e. The molecule has 2 rings (SSSR count). The van der Waals surface area contributed by atoms with E-state index in [1.807, 2.05) is 0 Å². The van der Waals surface area contributed by atoms with E-state index < -0.39 is 56.5 Å². The highest BCUT2D eigenvalue weighted by Gasteiger charge is 2.35. The number of hydrogen-bond acceptors (Lipinski definition) is 8. The number of hydrogen-bond donors (Lipinski definition) is 1. The predicted octanol–water partition coefficient (Wildman–Crippen LogP) is 2.12. The molecule has 1 aliphatic carbocycles. The lowest BCUT2D eigenvalue weighted by Crippen LogP contribution is -2.29. The van der Waals surface area contributed by atoms with Crippen LogP contribution in [0.25, 0.3) is 11.6 Å². The first-order valence-electron chi connectivity index (χ1n) is 10.3. The van der Waals surface area contributed by atoms with E-state index in [2.05, 4.69) is 4.79 Å². The van der Waals surface area contributed by atoms with Crippen LogP contribution < -0.4 is 0 Å². The van der Waals surface area contributed by atoms with E-state index in [9.17, 15) is 27.6 Å². The summed E-state index contributed by atoms with van der Waals surface area (Å²) in [6, 6.07) is 3.78. The average molecular weight is 493 g/mol. The van der Waals surface area contributed by atoms with E-state index in [-0.39, 0.29) is 36.1 Å². The van der Waals surface area contributed by atoms with E-state index >= 15 is 0 Å². The molecule has 3 atom stereocenters. The molecule has 1 aromatic carbocycles. The van der Waals surface area contributed by atoms with Gasteiger partial charge in [0, 0.05) is 17.2 Å². The number of allylic oxidation sites excluding steroid dienone is 1. The number of Topliss-reactive ketones (excluding diaryl/α,β-unsaturated/α-hetero) is 1. The number of rotatable bonds is 10. The molecule has 1 N–H and O–H groups in total. The number of carboxylic acid groups (broad SMARTS) is 1. The molecule has 0 aromatic heterocycles. The number of nitrogens with zero attached hydrogens (tertiary/aromatic N) is 2. The molecule has 1 aliphatic rings. The molecule has 0 heterocycles. The van der Waals surface area contributed by atoms with Crippen molar-refractivity contribution in [3.8, 4) is 0 Å². The smallest absolute Gasteiger partial charge is 0.362 e. The van der Waals surface area contributed by atoms with Gasteiger partial charge >= 0.3 is 33.7 Å². The van der Waals surface area contributed by atoms with Crippen molar-refractivity contribution in [2.45, 2.75) is 38.0 Å². The number of aliphatic carboxylic acids is 1. The zero-order valence-corrected chi connectivity index (χ0v) is 19.6. The van der Waals surface area contributed by atoms with Gasteiger partial charge in [-0.2, -0.15) is 13.2 Å². The summed E-state index contributed by atoms with van der Waals surface area (Å²) in [6.45, 7) is 3.00. The largest absolute Gasteiger partial charge is 0.481 e. The fraction of sp³-hybridized carbons (Fsp3) is 0.409. The number of esters is 1. The lowest BCUT2D eigenvalue weighted by molar-refractivity contribution is -0.149. The van der Waals surface area contributed by atoms with Crippen LogP contribution in [0.2, 0.25) is 0 Å². The second-order valence-electron chi connectivity index (χ2n) is 7.76. The Balaban J connectivity index is 2.30. The molecule has 1 aromatic rings. The quantitative estimate of drug-likeness (QED) is 0.222. The Morgan fingerprint density at radius 2 is 1.79 bits per heavy atom. The maximum atomic E-state index is 12.9. The van der Waals surface area contributed by atoms with Crippen molar-refractivity contribution < 1.29 is 46.4 Å². The van der Waals surface area contributed by atoms with Crippen molar-refractivity contribution in [1.82, 2.24) is 0 Å². The Morgan fingerprint density at radius 3 is 2.35 bits per heavy atom. The van der Waals surface area contributed by atoms with Gasteiger partial charge in [0.1, 0.15) is 4.90 Å². The Kier molecular flexibility index (Phi) is 8.61. The second kappa shape index (κ2) is 11.0. The zero-order chi connectivity index (χ0) is 25.6. The molecule has 34 heavy (non-hydrogen) atoms. The van der Waals surface area contributed by atoms with Crippen molar-refractivity contribution in [1.29, 1.82) is 0 Å². The van der Waals surface area contributed by atoms with Crippen LogP contribution in [0, 0.1) is 17.8 Å². The van der Waals surface area contributed by atoms with Crippen LogP contribution in [0.15, 0.2) is 29.2 Å². The first-order chi connectivity index (χ1) is 16.0. The Morgan fingerprint density at radius 1 is 1.12 bits per heavy atom. The Bertz CT molecular complexity index is 1200. The first-order valence-corrected chi connectivity index (χ1v) is 11.7. The van der Waals surface area contributed by atoms with Gasteiger partial charge in [0.05, 0.1) is 24.9 Å². The van der Waals surface area contributed by atoms with Gasteiger partial charge in [-0.15, -0.1) is 0 Å². The summed E-state index contributed by atoms with van der Waals surface area (Å²) in [6.07, 6.45) is 2.23. The minimum absolute atomic E-state index is 0.0246. The van der Waals surface area contributed by atoms with Crippen LogP contribution >= 0.6 is 0 Å². The number of ether oxygens (including phenoxy) is 1. The van der Waals surface area contributed by atoms with Gasteiger partial charge < -0.3 is 19.6 Å². The second-order valence-corrected chi connectivity index (χ2v) is 9.27. The molecule has 0 bridgehead atoms. The third kappa shape index (κ3) is 5.83. The van der Waals surface area contributed by atoms with Crippen LogP contribution in [0.4, 0.5) is 0 Å². The molecule has 0 fully saturated rings. The molecule has 0 saturated carbocycles. The van der Waals surface area contributed by atoms with E-state index in [1.165, 1.54) is 25.1 Å². The standard InChI is InChI=1S/C22H24N2O9S/c1-4-13(11-14(21(28)32-3)10-12(2)20(26)27)22(29)33-34(30,31)18-7-5-6-16-15(18)8-9-17(24-23)19(16)25/h5-9,12-14H,4,10-11H2,1-3H3,(H,26,27). The van der Waals surface area contributed by atoms with Gasteiger partial charge in [-0.05, 0) is 31.4 Å². The van der Waals surface area contributed by atoms with Crippen LogP contribution in [0.3, 0.4) is 0 Å². The van der Waals surface area contributed by atoms with Crippen molar-refractivity contribution in [3.63, 3.8) is 0 Å². The van der Waals surface area contributed by atoms with Gasteiger partial charge in [0.15, 0.2) is 0 Å². The van der Waals surface area contributed by atoms with E-state index in [0.29, 0.717) is 0 Å². The number of methoxy groups -OCH3 is 1. The maximum Gasteiger partial charge on any atom is 0.362 e. The van der Waals surface area contributed by atoms with Crippen LogP contribution in [-0.4, -0.2) is 54.8 Å². The first kappa shape index (κ1) is 26.6. The minimum atomic E-state index is -4.67.